The summed E-state index contributed by atoms with van der Waals surface area (Å²) in [6.07, 6.45) is 0.0757. The molecule has 1 unspecified atom stereocenters. The summed E-state index contributed by atoms with van der Waals surface area (Å²) in [5, 5.41) is 14.0. The topological polar surface area (TPSA) is 92.6 Å². The lowest BCUT2D eigenvalue weighted by atomic mass is 10.1. The van der Waals surface area contributed by atoms with Crippen molar-refractivity contribution < 1.29 is 14.5 Å². The number of carbonyl (C=O) groups excluding carboxylic acids is 2. The summed E-state index contributed by atoms with van der Waals surface area (Å²) in [5.74, 6) is -1.05. The molecule has 2 aromatic rings. The Morgan fingerprint density at radius 1 is 1.31 bits per heavy atom. The van der Waals surface area contributed by atoms with Gasteiger partial charge in [-0.05, 0) is 30.7 Å². The number of benzene rings is 2. The number of nitrogens with one attached hydrogen (secondary N) is 1. The van der Waals surface area contributed by atoms with Crippen molar-refractivity contribution in [3.8, 4) is 0 Å². The van der Waals surface area contributed by atoms with Gasteiger partial charge in [-0.3, -0.25) is 19.7 Å². The van der Waals surface area contributed by atoms with Gasteiger partial charge in [0.25, 0.3) is 5.69 Å². The lowest BCUT2D eigenvalue weighted by Crippen LogP contribution is -2.28. The summed E-state index contributed by atoms with van der Waals surface area (Å²) < 4.78 is 0. The molecule has 3 rings (SSSR count). The van der Waals surface area contributed by atoms with Crippen LogP contribution >= 0.6 is 11.6 Å². The highest BCUT2D eigenvalue weighted by atomic mass is 35.5. The van der Waals surface area contributed by atoms with Crippen LogP contribution in [0.15, 0.2) is 42.5 Å². The molecule has 1 atom stereocenters. The van der Waals surface area contributed by atoms with Crippen LogP contribution < -0.4 is 10.2 Å². The number of carbonyl (C=O) groups is 2. The molecule has 26 heavy (non-hydrogen) atoms. The summed E-state index contributed by atoms with van der Waals surface area (Å²) in [6.45, 7) is 2.10. The Kier molecular flexibility index (Phi) is 4.90. The van der Waals surface area contributed by atoms with Crippen LogP contribution in [0.4, 0.5) is 17.1 Å². The lowest BCUT2D eigenvalue weighted by Gasteiger charge is -2.17. The molecule has 2 amide bonds. The third-order valence-electron chi connectivity index (χ3n) is 4.29. The van der Waals surface area contributed by atoms with Crippen LogP contribution in [0.3, 0.4) is 0 Å². The molecule has 8 heteroatoms. The van der Waals surface area contributed by atoms with Crippen LogP contribution in [0.25, 0.3) is 0 Å². The van der Waals surface area contributed by atoms with Crippen LogP contribution in [-0.4, -0.2) is 23.3 Å². The normalized spacial score (nSPS) is 16.6. The molecule has 0 spiro atoms. The van der Waals surface area contributed by atoms with E-state index >= 15 is 0 Å². The lowest BCUT2D eigenvalue weighted by molar-refractivity contribution is -0.384. The minimum absolute atomic E-state index is 0.0757. The fraction of sp³-hybridized carbons (Fsp3) is 0.222. The summed E-state index contributed by atoms with van der Waals surface area (Å²) in [4.78, 5) is 36.6. The predicted octanol–water partition coefficient (Wildman–Crippen LogP) is 3.55. The standard InChI is InChI=1S/C18H16ClN3O4/c1-11-5-6-14(9-16(11)19)21-10-12(7-17(21)23)18(24)20-13-3-2-4-15(8-13)22(25)26/h2-6,8-9,12H,7,10H2,1H3,(H,20,24). The van der Waals surface area contributed by atoms with Gasteiger partial charge in [0.05, 0.1) is 10.8 Å². The largest absolute Gasteiger partial charge is 0.326 e. The van der Waals surface area contributed by atoms with Crippen molar-refractivity contribution in [2.45, 2.75) is 13.3 Å². The van der Waals surface area contributed by atoms with Crippen molar-refractivity contribution in [1.82, 2.24) is 0 Å². The zero-order chi connectivity index (χ0) is 18.8. The van der Waals surface area contributed by atoms with E-state index in [2.05, 4.69) is 5.32 Å². The highest BCUT2D eigenvalue weighted by Gasteiger charge is 2.35. The maximum atomic E-state index is 12.5. The van der Waals surface area contributed by atoms with Crippen molar-refractivity contribution >= 4 is 40.5 Å². The smallest absolute Gasteiger partial charge is 0.271 e. The van der Waals surface area contributed by atoms with Crippen LogP contribution in [0.5, 0.6) is 0 Å². The first-order chi connectivity index (χ1) is 12.3. The molecule has 0 aliphatic carbocycles. The molecule has 1 fully saturated rings. The molecule has 0 aromatic heterocycles. The Morgan fingerprint density at radius 3 is 2.77 bits per heavy atom. The Hall–Kier alpha value is -2.93. The van der Waals surface area contributed by atoms with Gasteiger partial charge in [0, 0.05) is 41.5 Å². The Bertz CT molecular complexity index is 900. The maximum absolute atomic E-state index is 12.5. The van der Waals surface area contributed by atoms with E-state index in [-0.39, 0.29) is 30.5 Å². The van der Waals surface area contributed by atoms with E-state index in [1.165, 1.54) is 23.1 Å². The number of amides is 2. The molecular weight excluding hydrogens is 358 g/mol. The zero-order valence-electron chi connectivity index (χ0n) is 13.9. The zero-order valence-corrected chi connectivity index (χ0v) is 14.7. The monoisotopic (exact) mass is 373 g/mol. The highest BCUT2D eigenvalue weighted by Crippen LogP contribution is 2.29. The van der Waals surface area contributed by atoms with E-state index in [9.17, 15) is 19.7 Å². The third-order valence-corrected chi connectivity index (χ3v) is 4.69. The number of hydrogen-bond acceptors (Lipinski definition) is 4. The van der Waals surface area contributed by atoms with Crippen molar-refractivity contribution in [2.75, 3.05) is 16.8 Å². The number of nitro benzene ring substituents is 1. The molecule has 1 heterocycles. The van der Waals surface area contributed by atoms with Gasteiger partial charge in [-0.15, -0.1) is 0 Å². The van der Waals surface area contributed by atoms with Gasteiger partial charge in [-0.1, -0.05) is 23.7 Å². The van der Waals surface area contributed by atoms with Gasteiger partial charge in [0.2, 0.25) is 11.8 Å². The minimum Gasteiger partial charge on any atom is -0.326 e. The number of rotatable bonds is 4. The first-order valence-corrected chi connectivity index (χ1v) is 8.35. The van der Waals surface area contributed by atoms with Crippen LogP contribution in [0, 0.1) is 23.0 Å². The molecule has 7 nitrogen and oxygen atoms in total. The first kappa shape index (κ1) is 17.9. The highest BCUT2D eigenvalue weighted by molar-refractivity contribution is 6.31. The van der Waals surface area contributed by atoms with E-state index in [0.717, 1.165) is 5.56 Å². The fourth-order valence-electron chi connectivity index (χ4n) is 2.82. The first-order valence-electron chi connectivity index (χ1n) is 7.97. The Morgan fingerprint density at radius 2 is 2.08 bits per heavy atom. The van der Waals surface area contributed by atoms with E-state index < -0.39 is 10.8 Å². The number of nitrogens with zero attached hydrogens (tertiary/aromatic N) is 2. The van der Waals surface area contributed by atoms with E-state index in [1.807, 2.05) is 13.0 Å². The number of aryl methyl sites for hydroxylation is 1. The second kappa shape index (κ2) is 7.13. The van der Waals surface area contributed by atoms with Crippen molar-refractivity contribution in [2.24, 2.45) is 5.92 Å². The maximum Gasteiger partial charge on any atom is 0.271 e. The van der Waals surface area contributed by atoms with Gasteiger partial charge in [-0.2, -0.15) is 0 Å². The molecule has 0 bridgehead atoms. The van der Waals surface area contributed by atoms with Crippen LogP contribution in [0.2, 0.25) is 5.02 Å². The fourth-order valence-corrected chi connectivity index (χ4v) is 3.00. The van der Waals surface area contributed by atoms with Gasteiger partial charge in [-0.25, -0.2) is 0 Å². The second-order valence-corrected chi connectivity index (χ2v) is 6.54. The number of anilines is 2. The quantitative estimate of drug-likeness (QED) is 0.655. The predicted molar refractivity (Wildman–Crippen MR) is 98.4 cm³/mol. The SMILES string of the molecule is Cc1ccc(N2CC(C(=O)Nc3cccc([N+](=O)[O-])c3)CC2=O)cc1Cl. The van der Waals surface area contributed by atoms with E-state index in [1.54, 1.807) is 18.2 Å². The number of non-ortho nitro benzene ring substituents is 1. The van der Waals surface area contributed by atoms with E-state index in [0.29, 0.717) is 16.4 Å². The van der Waals surface area contributed by atoms with Crippen molar-refractivity contribution in [1.29, 1.82) is 0 Å². The van der Waals surface area contributed by atoms with Crippen LogP contribution in [-0.2, 0) is 9.59 Å². The second-order valence-electron chi connectivity index (χ2n) is 6.14. The summed E-state index contributed by atoms with van der Waals surface area (Å²) in [7, 11) is 0. The average molecular weight is 374 g/mol. The van der Waals surface area contributed by atoms with Crippen molar-refractivity contribution in [3.63, 3.8) is 0 Å². The molecule has 1 aliphatic rings. The molecule has 0 saturated carbocycles. The summed E-state index contributed by atoms with van der Waals surface area (Å²) in [6, 6.07) is 11.0. The molecule has 134 valence electrons. The Balaban J connectivity index is 1.71. The molecular formula is C18H16ClN3O4. The molecule has 2 aromatic carbocycles. The van der Waals surface area contributed by atoms with Gasteiger partial charge in [0.1, 0.15) is 0 Å². The molecule has 1 aliphatic heterocycles. The molecule has 0 radical (unpaired) electrons. The van der Waals surface area contributed by atoms with Gasteiger partial charge < -0.3 is 10.2 Å². The molecule has 1 saturated heterocycles. The molecule has 1 N–H and O–H groups in total. The Labute approximate surface area is 154 Å². The van der Waals surface area contributed by atoms with Gasteiger partial charge in [0.15, 0.2) is 0 Å². The van der Waals surface area contributed by atoms with Gasteiger partial charge >= 0.3 is 0 Å². The number of hydrogen-bond donors (Lipinski definition) is 1. The summed E-state index contributed by atoms with van der Waals surface area (Å²) in [5.41, 5.74) is 1.77. The number of nitro groups is 1. The minimum atomic E-state index is -0.540. The number of halogens is 1. The van der Waals surface area contributed by atoms with Crippen LogP contribution in [0.1, 0.15) is 12.0 Å². The average Bonchev–Trinajstić information content (AvgIpc) is 2.99. The summed E-state index contributed by atoms with van der Waals surface area (Å²) >= 11 is 6.11. The third kappa shape index (κ3) is 3.67. The van der Waals surface area contributed by atoms with E-state index in [4.69, 9.17) is 11.6 Å². The van der Waals surface area contributed by atoms with Crippen molar-refractivity contribution in [3.05, 3.63) is 63.2 Å².